The van der Waals surface area contributed by atoms with Crippen LogP contribution in [0.25, 0.3) is 0 Å². The van der Waals surface area contributed by atoms with Crippen molar-refractivity contribution in [2.24, 2.45) is 0 Å². The molecule has 1 N–H and O–H groups in total. The van der Waals surface area contributed by atoms with Crippen LogP contribution in [0.5, 0.6) is 0 Å². The molecule has 0 atom stereocenters. The number of carbonyl (C=O) groups is 1. The third kappa shape index (κ3) is 3.42. The molecule has 2 aromatic heterocycles. The smallest absolute Gasteiger partial charge is 0.259 e. The second-order valence-electron chi connectivity index (χ2n) is 6.36. The second-order valence-corrected chi connectivity index (χ2v) is 6.36. The number of carbonyl (C=O) groups excluding carboxylic acids is 1. The first-order valence-electron chi connectivity index (χ1n) is 8.79. The second kappa shape index (κ2) is 7.35. The topological polar surface area (TPSA) is 58.1 Å². The van der Waals surface area contributed by atoms with Gasteiger partial charge in [-0.25, -0.2) is 0 Å². The van der Waals surface area contributed by atoms with Crippen LogP contribution >= 0.6 is 0 Å². The van der Waals surface area contributed by atoms with E-state index in [-0.39, 0.29) is 5.91 Å². The highest BCUT2D eigenvalue weighted by Gasteiger charge is 2.23. The molecule has 0 unspecified atom stereocenters. The summed E-state index contributed by atoms with van der Waals surface area (Å²) in [4.78, 5) is 23.2. The summed E-state index contributed by atoms with van der Waals surface area (Å²) in [5.74, 6) is -0.00258. The van der Waals surface area contributed by atoms with Crippen LogP contribution in [0.3, 0.4) is 0 Å². The summed E-state index contributed by atoms with van der Waals surface area (Å²) in [7, 11) is 0. The van der Waals surface area contributed by atoms with E-state index in [0.29, 0.717) is 12.1 Å². The Kier molecular flexibility index (Phi) is 4.60. The van der Waals surface area contributed by atoms with Gasteiger partial charge in [-0.05, 0) is 48.2 Å². The van der Waals surface area contributed by atoms with E-state index >= 15 is 0 Å². The molecule has 1 aliphatic rings. The predicted octanol–water partition coefficient (Wildman–Crippen LogP) is 3.68. The quantitative estimate of drug-likeness (QED) is 0.784. The third-order valence-corrected chi connectivity index (χ3v) is 4.59. The molecule has 5 nitrogen and oxygen atoms in total. The van der Waals surface area contributed by atoms with Gasteiger partial charge < -0.3 is 10.2 Å². The minimum atomic E-state index is -0.00258. The molecular formula is C21H20N4O. The predicted molar refractivity (Wildman–Crippen MR) is 102 cm³/mol. The van der Waals surface area contributed by atoms with Gasteiger partial charge in [0.2, 0.25) is 0 Å². The summed E-state index contributed by atoms with van der Waals surface area (Å²) in [5, 5.41) is 3.32. The van der Waals surface area contributed by atoms with Crippen molar-refractivity contribution in [3.05, 3.63) is 83.9 Å². The van der Waals surface area contributed by atoms with Gasteiger partial charge in [0.05, 0.1) is 11.3 Å². The number of anilines is 2. The van der Waals surface area contributed by atoms with Crippen molar-refractivity contribution in [2.75, 3.05) is 16.8 Å². The summed E-state index contributed by atoms with van der Waals surface area (Å²) in [6, 6.07) is 13.9. The summed E-state index contributed by atoms with van der Waals surface area (Å²) >= 11 is 0. The van der Waals surface area contributed by atoms with E-state index in [4.69, 9.17) is 0 Å². The first kappa shape index (κ1) is 16.3. The number of aromatic nitrogens is 2. The number of para-hydroxylation sites is 1. The first-order chi connectivity index (χ1) is 12.8. The van der Waals surface area contributed by atoms with Gasteiger partial charge in [0.15, 0.2) is 0 Å². The summed E-state index contributed by atoms with van der Waals surface area (Å²) in [6.45, 7) is 1.40. The Bertz CT molecular complexity index is 911. The maximum Gasteiger partial charge on any atom is 0.259 e. The van der Waals surface area contributed by atoms with E-state index in [1.807, 2.05) is 41.3 Å². The molecule has 0 spiro atoms. The lowest BCUT2D eigenvalue weighted by molar-refractivity contribution is 0.0985. The highest BCUT2D eigenvalue weighted by Crippen LogP contribution is 2.28. The van der Waals surface area contributed by atoms with Crippen LogP contribution in [0.1, 0.15) is 27.9 Å². The summed E-state index contributed by atoms with van der Waals surface area (Å²) < 4.78 is 0. The molecule has 0 radical (unpaired) electrons. The molecule has 0 saturated heterocycles. The lowest BCUT2D eigenvalue weighted by Gasteiger charge is -2.29. The van der Waals surface area contributed by atoms with Crippen LogP contribution in [-0.2, 0) is 13.0 Å². The Balaban J connectivity index is 1.52. The average Bonchev–Trinajstić information content (AvgIpc) is 2.72. The SMILES string of the molecule is O=C(c1cncc(NCc2ccncc2)c1)N1CCCc2ccccc21. The fourth-order valence-electron chi connectivity index (χ4n) is 3.26. The maximum absolute atomic E-state index is 13.0. The highest BCUT2D eigenvalue weighted by molar-refractivity contribution is 6.07. The minimum absolute atomic E-state index is 0.00258. The van der Waals surface area contributed by atoms with Crippen molar-refractivity contribution in [2.45, 2.75) is 19.4 Å². The molecule has 3 aromatic rings. The Morgan fingerprint density at radius 1 is 1.08 bits per heavy atom. The van der Waals surface area contributed by atoms with Crippen molar-refractivity contribution in [1.29, 1.82) is 0 Å². The molecule has 4 rings (SSSR count). The summed E-state index contributed by atoms with van der Waals surface area (Å²) in [6.07, 6.45) is 8.91. The van der Waals surface area contributed by atoms with Crippen LogP contribution in [0.2, 0.25) is 0 Å². The number of pyridine rings is 2. The molecule has 0 bridgehead atoms. The average molecular weight is 344 g/mol. The van der Waals surface area contributed by atoms with Gasteiger partial charge in [0, 0.05) is 43.6 Å². The van der Waals surface area contributed by atoms with Gasteiger partial charge >= 0.3 is 0 Å². The Morgan fingerprint density at radius 2 is 1.92 bits per heavy atom. The number of hydrogen-bond acceptors (Lipinski definition) is 4. The zero-order valence-corrected chi connectivity index (χ0v) is 14.4. The lowest BCUT2D eigenvalue weighted by Crippen LogP contribution is -2.35. The van der Waals surface area contributed by atoms with E-state index in [1.165, 1.54) is 5.56 Å². The van der Waals surface area contributed by atoms with E-state index in [9.17, 15) is 4.79 Å². The molecule has 5 heteroatoms. The number of nitrogens with zero attached hydrogens (tertiary/aromatic N) is 3. The van der Waals surface area contributed by atoms with Gasteiger partial charge in [-0.15, -0.1) is 0 Å². The van der Waals surface area contributed by atoms with Crippen molar-refractivity contribution >= 4 is 17.3 Å². The number of amides is 1. The third-order valence-electron chi connectivity index (χ3n) is 4.59. The van der Waals surface area contributed by atoms with Crippen LogP contribution < -0.4 is 10.2 Å². The number of benzene rings is 1. The van der Waals surface area contributed by atoms with E-state index in [1.54, 1.807) is 24.8 Å². The van der Waals surface area contributed by atoms with Crippen LogP contribution in [0.15, 0.2) is 67.3 Å². The fourth-order valence-corrected chi connectivity index (χ4v) is 3.26. The molecule has 26 heavy (non-hydrogen) atoms. The van der Waals surface area contributed by atoms with E-state index < -0.39 is 0 Å². The minimum Gasteiger partial charge on any atom is -0.380 e. The van der Waals surface area contributed by atoms with Crippen LogP contribution in [0, 0.1) is 0 Å². The largest absolute Gasteiger partial charge is 0.380 e. The zero-order chi connectivity index (χ0) is 17.8. The molecule has 0 saturated carbocycles. The summed E-state index contributed by atoms with van der Waals surface area (Å²) in [5.41, 5.74) is 4.80. The molecule has 0 aliphatic carbocycles. The van der Waals surface area contributed by atoms with Gasteiger partial charge in [-0.3, -0.25) is 14.8 Å². The lowest BCUT2D eigenvalue weighted by atomic mass is 10.0. The monoisotopic (exact) mass is 344 g/mol. The van der Waals surface area contributed by atoms with Crippen molar-refractivity contribution < 1.29 is 4.79 Å². The van der Waals surface area contributed by atoms with Crippen molar-refractivity contribution in [3.8, 4) is 0 Å². The van der Waals surface area contributed by atoms with Crippen molar-refractivity contribution in [1.82, 2.24) is 9.97 Å². The van der Waals surface area contributed by atoms with E-state index in [0.717, 1.165) is 36.3 Å². The molecule has 0 fully saturated rings. The molecule has 130 valence electrons. The number of rotatable bonds is 4. The maximum atomic E-state index is 13.0. The van der Waals surface area contributed by atoms with Crippen LogP contribution in [-0.4, -0.2) is 22.4 Å². The molecular weight excluding hydrogens is 324 g/mol. The van der Waals surface area contributed by atoms with Gasteiger partial charge in [-0.1, -0.05) is 18.2 Å². The van der Waals surface area contributed by atoms with Gasteiger partial charge in [0.25, 0.3) is 5.91 Å². The zero-order valence-electron chi connectivity index (χ0n) is 14.4. The van der Waals surface area contributed by atoms with Crippen LogP contribution in [0.4, 0.5) is 11.4 Å². The van der Waals surface area contributed by atoms with Gasteiger partial charge in [-0.2, -0.15) is 0 Å². The fraction of sp³-hybridized carbons (Fsp3) is 0.190. The Hall–Kier alpha value is -3.21. The molecule has 3 heterocycles. The Labute approximate surface area is 152 Å². The number of aryl methyl sites for hydroxylation is 1. The van der Waals surface area contributed by atoms with E-state index in [2.05, 4.69) is 21.4 Å². The number of nitrogens with one attached hydrogen (secondary N) is 1. The number of hydrogen-bond donors (Lipinski definition) is 1. The number of fused-ring (bicyclic) bond motifs is 1. The standard InChI is InChI=1S/C21H20N4O/c26-21(25-11-3-5-17-4-1-2-6-20(17)25)18-12-19(15-23-14-18)24-13-16-7-9-22-10-8-16/h1-2,4,6-10,12,14-15,24H,3,5,11,13H2. The molecule has 1 aliphatic heterocycles. The molecule has 1 aromatic carbocycles. The molecule has 1 amide bonds. The Morgan fingerprint density at radius 3 is 2.81 bits per heavy atom. The highest BCUT2D eigenvalue weighted by atomic mass is 16.2. The first-order valence-corrected chi connectivity index (χ1v) is 8.79. The normalized spacial score (nSPS) is 13.2. The van der Waals surface area contributed by atoms with Crippen molar-refractivity contribution in [3.63, 3.8) is 0 Å². The van der Waals surface area contributed by atoms with Gasteiger partial charge in [0.1, 0.15) is 0 Å².